The van der Waals surface area contributed by atoms with Crippen molar-refractivity contribution < 1.29 is 22.7 Å². The van der Waals surface area contributed by atoms with E-state index < -0.39 is 10.0 Å². The second kappa shape index (κ2) is 11.6. The Morgan fingerprint density at radius 2 is 1.79 bits per heavy atom. The number of amides is 1. The maximum atomic E-state index is 13.1. The smallest absolute Gasteiger partial charge is 0.246 e. The van der Waals surface area contributed by atoms with Crippen LogP contribution >= 0.6 is 0 Å². The second-order valence-electron chi connectivity index (χ2n) is 8.83. The summed E-state index contributed by atoms with van der Waals surface area (Å²) in [5.41, 5.74) is 2.89. The Morgan fingerprint density at radius 3 is 2.41 bits per heavy atom. The monoisotopic (exact) mass is 486 g/mol. The lowest BCUT2D eigenvalue weighted by molar-refractivity contribution is -0.117. The van der Waals surface area contributed by atoms with Crippen LogP contribution in [0.15, 0.2) is 53.4 Å². The van der Waals surface area contributed by atoms with E-state index in [9.17, 15) is 13.2 Å². The Kier molecular flexibility index (Phi) is 8.88. The van der Waals surface area contributed by atoms with Crippen molar-refractivity contribution in [3.05, 3.63) is 65.2 Å². The number of hydrogen-bond acceptors (Lipinski definition) is 5. The number of morpholine rings is 1. The number of ether oxygens (including phenoxy) is 2. The molecule has 34 heavy (non-hydrogen) atoms. The number of hydrogen-bond donors (Lipinski definition) is 1. The van der Waals surface area contributed by atoms with Crippen molar-refractivity contribution in [3.63, 3.8) is 0 Å². The number of sulfonamides is 1. The van der Waals surface area contributed by atoms with Gasteiger partial charge in [-0.15, -0.1) is 0 Å². The lowest BCUT2D eigenvalue weighted by Crippen LogP contribution is -2.40. The highest BCUT2D eigenvalue weighted by Gasteiger charge is 2.29. The van der Waals surface area contributed by atoms with E-state index >= 15 is 0 Å². The molecule has 1 saturated heterocycles. The van der Waals surface area contributed by atoms with Crippen LogP contribution in [0, 0.1) is 5.92 Å². The van der Waals surface area contributed by atoms with Gasteiger partial charge in [0.25, 0.3) is 0 Å². The van der Waals surface area contributed by atoms with Gasteiger partial charge in [0.2, 0.25) is 15.9 Å². The largest absolute Gasteiger partial charge is 0.495 e. The highest BCUT2D eigenvalue weighted by atomic mass is 32.2. The molecular weight excluding hydrogens is 452 g/mol. The molecule has 0 aliphatic carbocycles. The molecule has 1 aliphatic rings. The molecule has 2 aromatic rings. The van der Waals surface area contributed by atoms with E-state index in [0.717, 1.165) is 12.0 Å². The van der Waals surface area contributed by atoms with E-state index in [1.54, 1.807) is 18.2 Å². The Bertz CT molecular complexity index is 1100. The van der Waals surface area contributed by atoms with Gasteiger partial charge in [0.15, 0.2) is 0 Å². The fraction of sp³-hybridized carbons (Fsp3) is 0.423. The van der Waals surface area contributed by atoms with Gasteiger partial charge in [0.05, 0.1) is 26.4 Å². The van der Waals surface area contributed by atoms with Gasteiger partial charge in [0.1, 0.15) is 10.6 Å². The summed E-state index contributed by atoms with van der Waals surface area (Å²) in [6, 6.07) is 13.0. The van der Waals surface area contributed by atoms with Gasteiger partial charge >= 0.3 is 0 Å². The third kappa shape index (κ3) is 6.68. The topological polar surface area (TPSA) is 84.9 Å². The highest BCUT2D eigenvalue weighted by Crippen LogP contribution is 2.29. The molecule has 7 nitrogen and oxygen atoms in total. The summed E-state index contributed by atoms with van der Waals surface area (Å²) in [4.78, 5) is 12.6. The van der Waals surface area contributed by atoms with Crippen molar-refractivity contribution >= 4 is 22.0 Å². The molecule has 1 amide bonds. The third-order valence-electron chi connectivity index (χ3n) is 5.69. The molecule has 184 valence electrons. The van der Waals surface area contributed by atoms with Crippen molar-refractivity contribution in [1.29, 1.82) is 0 Å². The summed E-state index contributed by atoms with van der Waals surface area (Å²) in [6.07, 6.45) is 4.04. The van der Waals surface area contributed by atoms with Crippen LogP contribution in [0.2, 0.25) is 0 Å². The van der Waals surface area contributed by atoms with Crippen LogP contribution in [0.1, 0.15) is 43.5 Å². The van der Waals surface area contributed by atoms with Crippen molar-refractivity contribution in [2.75, 3.05) is 33.4 Å². The first-order valence-electron chi connectivity index (χ1n) is 11.5. The van der Waals surface area contributed by atoms with Crippen LogP contribution < -0.4 is 10.1 Å². The lowest BCUT2D eigenvalue weighted by Gasteiger charge is -2.26. The average Bonchev–Trinajstić information content (AvgIpc) is 2.83. The average molecular weight is 487 g/mol. The molecule has 0 saturated carbocycles. The predicted octanol–water partition coefficient (Wildman–Crippen LogP) is 3.81. The zero-order chi connectivity index (χ0) is 24.7. The quantitative estimate of drug-likeness (QED) is 0.545. The zero-order valence-corrected chi connectivity index (χ0v) is 21.1. The summed E-state index contributed by atoms with van der Waals surface area (Å²) in [5.74, 6) is 0.602. The molecule has 1 N–H and O–H groups in total. The van der Waals surface area contributed by atoms with E-state index in [1.807, 2.05) is 19.1 Å². The van der Waals surface area contributed by atoms with Crippen molar-refractivity contribution in [1.82, 2.24) is 9.62 Å². The number of nitrogens with zero attached hydrogens (tertiary/aromatic N) is 1. The number of carbonyl (C=O) groups is 1. The second-order valence-corrected chi connectivity index (χ2v) is 10.7. The number of nitrogens with one attached hydrogen (secondary N) is 1. The van der Waals surface area contributed by atoms with Gasteiger partial charge in [-0.05, 0) is 54.2 Å². The Morgan fingerprint density at radius 1 is 1.12 bits per heavy atom. The molecule has 3 rings (SSSR count). The van der Waals surface area contributed by atoms with Gasteiger partial charge in [-0.2, -0.15) is 4.31 Å². The molecule has 0 aromatic heterocycles. The van der Waals surface area contributed by atoms with Gasteiger partial charge in [-0.3, -0.25) is 4.79 Å². The molecule has 1 aliphatic heterocycles. The summed E-state index contributed by atoms with van der Waals surface area (Å²) >= 11 is 0. The lowest BCUT2D eigenvalue weighted by atomic mass is 10.00. The van der Waals surface area contributed by atoms with Crippen molar-refractivity contribution in [2.45, 2.75) is 38.1 Å². The molecule has 1 fully saturated rings. The maximum absolute atomic E-state index is 13.1. The Hall–Kier alpha value is -2.68. The minimum absolute atomic E-state index is 0.0781. The molecular formula is C26H34N2O5S. The predicted molar refractivity (Wildman–Crippen MR) is 133 cm³/mol. The summed E-state index contributed by atoms with van der Waals surface area (Å²) < 4.78 is 38.2. The Labute approximate surface area is 202 Å². The van der Waals surface area contributed by atoms with Gasteiger partial charge in [-0.1, -0.05) is 44.2 Å². The van der Waals surface area contributed by atoms with Crippen LogP contribution in [0.3, 0.4) is 0 Å². The van der Waals surface area contributed by atoms with Crippen molar-refractivity contribution in [3.8, 4) is 5.75 Å². The summed E-state index contributed by atoms with van der Waals surface area (Å²) in [5, 5.41) is 2.95. The normalized spacial score (nSPS) is 16.0. The van der Waals surface area contributed by atoms with Crippen LogP contribution in [0.4, 0.5) is 0 Å². The van der Waals surface area contributed by atoms with E-state index in [2.05, 4.69) is 31.3 Å². The molecule has 0 spiro atoms. The first kappa shape index (κ1) is 25.9. The highest BCUT2D eigenvalue weighted by molar-refractivity contribution is 7.89. The molecule has 0 radical (unpaired) electrons. The van der Waals surface area contributed by atoms with Gasteiger partial charge in [0, 0.05) is 19.2 Å². The molecule has 2 aromatic carbocycles. The number of methoxy groups -OCH3 is 1. The molecule has 8 heteroatoms. The van der Waals surface area contributed by atoms with E-state index in [0.29, 0.717) is 37.8 Å². The number of carbonyl (C=O) groups excluding carboxylic acids is 1. The number of rotatable bonds is 9. The maximum Gasteiger partial charge on any atom is 0.246 e. The minimum atomic E-state index is -3.74. The number of benzene rings is 2. The summed E-state index contributed by atoms with van der Waals surface area (Å²) in [6.45, 7) is 7.62. The third-order valence-corrected chi connectivity index (χ3v) is 7.60. The van der Waals surface area contributed by atoms with E-state index in [-0.39, 0.29) is 22.6 Å². The SMILES string of the molecule is COc1ccc(/C=C/C(=O)NC(C)c2ccc(CC(C)C)cc2)cc1S(=O)(=O)N1CCOCC1. The van der Waals surface area contributed by atoms with Crippen molar-refractivity contribution in [2.24, 2.45) is 5.92 Å². The standard InChI is InChI=1S/C26H34N2O5S/c1-19(2)17-21-5-9-23(10-6-21)20(3)27-26(29)12-8-22-7-11-24(32-4)25(18-22)34(30,31)28-13-15-33-16-14-28/h5-12,18-20H,13-17H2,1-4H3,(H,27,29)/b12-8+. The Balaban J connectivity index is 1.69. The van der Waals surface area contributed by atoms with Crippen LogP contribution in [-0.4, -0.2) is 52.0 Å². The fourth-order valence-electron chi connectivity index (χ4n) is 3.86. The van der Waals surface area contributed by atoms with E-state index in [4.69, 9.17) is 9.47 Å². The summed E-state index contributed by atoms with van der Waals surface area (Å²) in [7, 11) is -2.30. The van der Waals surface area contributed by atoms with Crippen LogP contribution in [0.25, 0.3) is 6.08 Å². The zero-order valence-electron chi connectivity index (χ0n) is 20.3. The van der Waals surface area contributed by atoms with Gasteiger partial charge < -0.3 is 14.8 Å². The first-order valence-corrected chi connectivity index (χ1v) is 13.0. The first-order chi connectivity index (χ1) is 16.2. The van der Waals surface area contributed by atoms with Gasteiger partial charge in [-0.25, -0.2) is 8.42 Å². The fourth-order valence-corrected chi connectivity index (χ4v) is 5.45. The van der Waals surface area contributed by atoms with Crippen LogP contribution in [-0.2, 0) is 26.0 Å². The molecule has 1 unspecified atom stereocenters. The molecule has 0 bridgehead atoms. The van der Waals surface area contributed by atoms with E-state index in [1.165, 1.54) is 29.1 Å². The molecule has 1 atom stereocenters. The molecule has 1 heterocycles. The minimum Gasteiger partial charge on any atom is -0.495 e. The van der Waals surface area contributed by atoms with Crippen LogP contribution in [0.5, 0.6) is 5.75 Å².